The third-order valence-corrected chi connectivity index (χ3v) is 6.99. The molecule has 0 bridgehead atoms. The topological polar surface area (TPSA) is 88.0 Å². The van der Waals surface area contributed by atoms with E-state index in [0.29, 0.717) is 6.42 Å². The molecule has 1 saturated carbocycles. The van der Waals surface area contributed by atoms with Crippen LogP contribution in [-0.4, -0.2) is 66.3 Å². The smallest absolute Gasteiger partial charge is 0.137 e. The van der Waals surface area contributed by atoms with Gasteiger partial charge < -0.3 is 25.0 Å². The molecule has 0 radical (unpaired) electrons. The quantitative estimate of drug-likeness (QED) is 0.528. The second-order valence-corrected chi connectivity index (χ2v) is 9.56. The van der Waals surface area contributed by atoms with Crippen molar-refractivity contribution in [3.05, 3.63) is 77.8 Å². The van der Waals surface area contributed by atoms with E-state index in [1.54, 1.807) is 6.20 Å². The van der Waals surface area contributed by atoms with Gasteiger partial charge >= 0.3 is 0 Å². The molecule has 5 rings (SSSR count). The number of imidazole rings is 1. The van der Waals surface area contributed by atoms with Gasteiger partial charge in [-0.25, -0.2) is 4.98 Å². The Balaban J connectivity index is 1.25. The first-order chi connectivity index (χ1) is 16.3. The SMILES string of the molecule is CN(C)c1ccc(C2=NC=C(C3C(O)C(c4cnc(-c5ccc(N(C)C)cc5)[nH]4)C3O)C2)cc1. The largest absolute Gasteiger partial charge is 0.392 e. The Bertz CT molecular complexity index is 1210. The molecule has 0 spiro atoms. The molecule has 7 heteroatoms. The number of aromatic amines is 1. The number of aliphatic hydroxyl groups excluding tert-OH is 2. The Morgan fingerprint density at radius 3 is 1.91 bits per heavy atom. The van der Waals surface area contributed by atoms with Gasteiger partial charge in [0.2, 0.25) is 0 Å². The maximum absolute atomic E-state index is 11.0. The molecule has 3 N–H and O–H groups in total. The monoisotopic (exact) mass is 457 g/mol. The summed E-state index contributed by atoms with van der Waals surface area (Å²) in [5, 5.41) is 21.9. The number of nitrogens with zero attached hydrogens (tertiary/aromatic N) is 4. The molecule has 2 unspecified atom stereocenters. The summed E-state index contributed by atoms with van der Waals surface area (Å²) in [6.07, 6.45) is 2.80. The molecular formula is C27H31N5O2. The van der Waals surface area contributed by atoms with Gasteiger partial charge in [-0.05, 0) is 47.5 Å². The lowest BCUT2D eigenvalue weighted by Gasteiger charge is -2.46. The van der Waals surface area contributed by atoms with Crippen LogP contribution in [-0.2, 0) is 0 Å². The van der Waals surface area contributed by atoms with Crippen molar-refractivity contribution >= 4 is 17.1 Å². The van der Waals surface area contributed by atoms with Gasteiger partial charge in [-0.3, -0.25) is 4.99 Å². The van der Waals surface area contributed by atoms with Crippen molar-refractivity contribution in [3.8, 4) is 11.4 Å². The number of aliphatic hydroxyl groups is 2. The summed E-state index contributed by atoms with van der Waals surface area (Å²) in [4.78, 5) is 16.5. The molecule has 1 aliphatic heterocycles. The van der Waals surface area contributed by atoms with Crippen molar-refractivity contribution in [2.45, 2.75) is 24.5 Å². The summed E-state index contributed by atoms with van der Waals surface area (Å²) in [6, 6.07) is 16.4. The van der Waals surface area contributed by atoms with Gasteiger partial charge in [-0.15, -0.1) is 0 Å². The normalized spacial score (nSPS) is 23.8. The number of anilines is 2. The van der Waals surface area contributed by atoms with Gasteiger partial charge in [0.05, 0.1) is 23.8 Å². The van der Waals surface area contributed by atoms with E-state index in [1.807, 2.05) is 63.6 Å². The van der Waals surface area contributed by atoms with E-state index < -0.39 is 18.1 Å². The number of aromatic nitrogens is 2. The predicted molar refractivity (Wildman–Crippen MR) is 137 cm³/mol. The number of hydrogen-bond donors (Lipinski definition) is 3. The number of H-pyrrole nitrogens is 1. The van der Waals surface area contributed by atoms with E-state index >= 15 is 0 Å². The van der Waals surface area contributed by atoms with Gasteiger partial charge in [0.15, 0.2) is 0 Å². The first-order valence-corrected chi connectivity index (χ1v) is 11.6. The van der Waals surface area contributed by atoms with Crippen LogP contribution in [0.1, 0.15) is 23.6 Å². The summed E-state index contributed by atoms with van der Waals surface area (Å²) in [5.41, 5.74) is 6.97. The van der Waals surface area contributed by atoms with Gasteiger partial charge in [-0.1, -0.05) is 12.1 Å². The first-order valence-electron chi connectivity index (χ1n) is 11.6. The summed E-state index contributed by atoms with van der Waals surface area (Å²) < 4.78 is 0. The molecule has 1 fully saturated rings. The molecule has 0 saturated heterocycles. The van der Waals surface area contributed by atoms with Crippen LogP contribution >= 0.6 is 0 Å². The van der Waals surface area contributed by atoms with Crippen molar-refractivity contribution in [2.24, 2.45) is 10.9 Å². The molecule has 34 heavy (non-hydrogen) atoms. The first kappa shape index (κ1) is 22.4. The fourth-order valence-corrected chi connectivity index (χ4v) is 4.86. The summed E-state index contributed by atoms with van der Waals surface area (Å²) >= 11 is 0. The number of rotatable bonds is 6. The molecule has 2 aromatic carbocycles. The van der Waals surface area contributed by atoms with Crippen LogP contribution in [0.25, 0.3) is 11.4 Å². The van der Waals surface area contributed by atoms with E-state index in [4.69, 9.17) is 0 Å². The Morgan fingerprint density at radius 1 is 0.794 bits per heavy atom. The highest BCUT2D eigenvalue weighted by Gasteiger charge is 2.52. The van der Waals surface area contributed by atoms with E-state index in [-0.39, 0.29) is 5.92 Å². The lowest BCUT2D eigenvalue weighted by molar-refractivity contribution is -0.101. The number of nitrogens with one attached hydrogen (secondary N) is 1. The van der Waals surface area contributed by atoms with Crippen molar-refractivity contribution in [1.29, 1.82) is 0 Å². The van der Waals surface area contributed by atoms with Gasteiger partial charge in [-0.2, -0.15) is 0 Å². The maximum Gasteiger partial charge on any atom is 0.137 e. The zero-order chi connectivity index (χ0) is 24.0. The average molecular weight is 458 g/mol. The molecule has 2 atom stereocenters. The second kappa shape index (κ2) is 8.74. The van der Waals surface area contributed by atoms with Crippen LogP contribution in [0.4, 0.5) is 11.4 Å². The van der Waals surface area contributed by atoms with Gasteiger partial charge in [0.25, 0.3) is 0 Å². The molecule has 7 nitrogen and oxygen atoms in total. The summed E-state index contributed by atoms with van der Waals surface area (Å²) in [7, 11) is 8.04. The van der Waals surface area contributed by atoms with Crippen molar-refractivity contribution in [2.75, 3.05) is 38.0 Å². The zero-order valence-electron chi connectivity index (χ0n) is 20.0. The number of hydrogen-bond acceptors (Lipinski definition) is 6. The minimum atomic E-state index is -0.684. The van der Waals surface area contributed by atoms with Gasteiger partial charge in [0.1, 0.15) is 5.82 Å². The Labute approximate surface area is 200 Å². The molecule has 1 aromatic heterocycles. The minimum absolute atomic E-state index is 0.321. The van der Waals surface area contributed by atoms with Crippen LogP contribution in [0.15, 0.2) is 71.5 Å². The minimum Gasteiger partial charge on any atom is -0.392 e. The third-order valence-electron chi connectivity index (χ3n) is 6.99. The molecule has 1 aliphatic carbocycles. The van der Waals surface area contributed by atoms with E-state index in [9.17, 15) is 10.2 Å². The molecule has 3 aromatic rings. The average Bonchev–Trinajstić information content (AvgIpc) is 3.50. The Hall–Kier alpha value is -3.42. The fourth-order valence-electron chi connectivity index (χ4n) is 4.86. The highest BCUT2D eigenvalue weighted by atomic mass is 16.3. The molecule has 2 heterocycles. The van der Waals surface area contributed by atoms with Crippen LogP contribution < -0.4 is 9.80 Å². The highest BCUT2D eigenvalue weighted by Crippen LogP contribution is 2.47. The van der Waals surface area contributed by atoms with Crippen LogP contribution in [0.5, 0.6) is 0 Å². The van der Waals surface area contributed by atoms with Crippen molar-refractivity contribution in [3.63, 3.8) is 0 Å². The molecule has 176 valence electrons. The predicted octanol–water partition coefficient (Wildman–Crippen LogP) is 3.42. The lowest BCUT2D eigenvalue weighted by atomic mass is 9.64. The Morgan fingerprint density at radius 2 is 1.35 bits per heavy atom. The highest BCUT2D eigenvalue weighted by molar-refractivity contribution is 6.04. The lowest BCUT2D eigenvalue weighted by Crippen LogP contribution is -2.54. The summed E-state index contributed by atoms with van der Waals surface area (Å²) in [5.74, 6) is 0.0186. The Kier molecular flexibility index (Phi) is 5.75. The van der Waals surface area contributed by atoms with Gasteiger partial charge in [0, 0.05) is 75.6 Å². The van der Waals surface area contributed by atoms with E-state index in [0.717, 1.165) is 45.3 Å². The maximum atomic E-state index is 11.0. The fraction of sp³-hybridized carbons (Fsp3) is 0.333. The second-order valence-electron chi connectivity index (χ2n) is 9.56. The standard InChI is InChI=1S/C27H31N5O2/c1-31(2)19-9-5-16(6-10-19)21-13-18(14-28-21)23-25(33)24(26(23)34)22-15-29-27(30-22)17-7-11-20(12-8-17)32(3)4/h5-12,14-15,23-26,33-34H,13H2,1-4H3,(H,29,30). The molecular weight excluding hydrogens is 426 g/mol. The van der Waals surface area contributed by atoms with E-state index in [1.165, 1.54) is 0 Å². The van der Waals surface area contributed by atoms with Crippen LogP contribution in [0, 0.1) is 5.92 Å². The zero-order valence-corrected chi connectivity index (χ0v) is 20.0. The van der Waals surface area contributed by atoms with Crippen molar-refractivity contribution < 1.29 is 10.2 Å². The number of benzene rings is 2. The van der Waals surface area contributed by atoms with Crippen LogP contribution in [0.2, 0.25) is 0 Å². The van der Waals surface area contributed by atoms with Crippen LogP contribution in [0.3, 0.4) is 0 Å². The molecule has 0 amide bonds. The van der Waals surface area contributed by atoms with E-state index in [2.05, 4.69) is 44.1 Å². The van der Waals surface area contributed by atoms with Crippen molar-refractivity contribution in [1.82, 2.24) is 9.97 Å². The summed E-state index contributed by atoms with van der Waals surface area (Å²) in [6.45, 7) is 0. The number of aliphatic imine (C=N–C) groups is 1. The third kappa shape index (κ3) is 3.91. The molecule has 2 aliphatic rings.